The molecule has 25 heavy (non-hydrogen) atoms. The van der Waals surface area contributed by atoms with Gasteiger partial charge in [0.2, 0.25) is 5.91 Å². The summed E-state index contributed by atoms with van der Waals surface area (Å²) < 4.78 is 0. The SMILES string of the molecule is CN(C)C(=O)c1cccc(NC(=O)Cc2ccc3ccccc3c2)c1. The van der Waals surface area contributed by atoms with Crippen LogP contribution in [0.2, 0.25) is 0 Å². The van der Waals surface area contributed by atoms with Gasteiger partial charge in [-0.15, -0.1) is 0 Å². The predicted octanol–water partition coefficient (Wildman–Crippen LogP) is 3.72. The maximum Gasteiger partial charge on any atom is 0.253 e. The van der Waals surface area contributed by atoms with E-state index >= 15 is 0 Å². The van der Waals surface area contributed by atoms with E-state index in [4.69, 9.17) is 0 Å². The van der Waals surface area contributed by atoms with Crippen LogP contribution in [0.25, 0.3) is 10.8 Å². The molecule has 3 rings (SSSR count). The lowest BCUT2D eigenvalue weighted by atomic mass is 10.0. The number of benzene rings is 3. The van der Waals surface area contributed by atoms with Crippen LogP contribution in [0.1, 0.15) is 15.9 Å². The van der Waals surface area contributed by atoms with Gasteiger partial charge in [-0.1, -0.05) is 48.5 Å². The highest BCUT2D eigenvalue weighted by Gasteiger charge is 2.10. The Kier molecular flexibility index (Phi) is 4.80. The molecule has 4 heteroatoms. The van der Waals surface area contributed by atoms with E-state index in [1.54, 1.807) is 38.4 Å². The van der Waals surface area contributed by atoms with Crippen molar-refractivity contribution in [1.82, 2.24) is 4.90 Å². The topological polar surface area (TPSA) is 49.4 Å². The largest absolute Gasteiger partial charge is 0.345 e. The minimum Gasteiger partial charge on any atom is -0.345 e. The molecule has 2 amide bonds. The summed E-state index contributed by atoms with van der Waals surface area (Å²) in [6, 6.07) is 21.1. The van der Waals surface area contributed by atoms with E-state index in [1.807, 2.05) is 42.5 Å². The molecule has 0 radical (unpaired) electrons. The van der Waals surface area contributed by atoms with Crippen LogP contribution in [-0.2, 0) is 11.2 Å². The van der Waals surface area contributed by atoms with Crippen molar-refractivity contribution in [2.75, 3.05) is 19.4 Å². The van der Waals surface area contributed by atoms with Crippen molar-refractivity contribution in [2.24, 2.45) is 0 Å². The number of amides is 2. The number of anilines is 1. The molecule has 4 nitrogen and oxygen atoms in total. The summed E-state index contributed by atoms with van der Waals surface area (Å²) in [5.41, 5.74) is 2.13. The highest BCUT2D eigenvalue weighted by molar-refractivity contribution is 5.97. The average Bonchev–Trinajstić information content (AvgIpc) is 2.61. The van der Waals surface area contributed by atoms with E-state index in [1.165, 1.54) is 4.90 Å². The molecular weight excluding hydrogens is 312 g/mol. The Bertz CT molecular complexity index is 932. The van der Waals surface area contributed by atoms with Crippen LogP contribution in [0.5, 0.6) is 0 Å². The van der Waals surface area contributed by atoms with Gasteiger partial charge in [-0.2, -0.15) is 0 Å². The number of fused-ring (bicyclic) bond motifs is 1. The van der Waals surface area contributed by atoms with E-state index < -0.39 is 0 Å². The summed E-state index contributed by atoms with van der Waals surface area (Å²) in [6.07, 6.45) is 0.288. The summed E-state index contributed by atoms with van der Waals surface area (Å²) in [7, 11) is 3.40. The summed E-state index contributed by atoms with van der Waals surface area (Å²) in [4.78, 5) is 25.8. The molecule has 0 spiro atoms. The third-order valence-corrected chi connectivity index (χ3v) is 3.98. The van der Waals surface area contributed by atoms with Gasteiger partial charge in [-0.05, 0) is 34.5 Å². The number of carbonyl (C=O) groups is 2. The first-order valence-corrected chi connectivity index (χ1v) is 8.12. The Balaban J connectivity index is 1.71. The van der Waals surface area contributed by atoms with E-state index in [0.29, 0.717) is 11.3 Å². The molecule has 0 saturated heterocycles. The third kappa shape index (κ3) is 4.04. The smallest absolute Gasteiger partial charge is 0.253 e. The molecule has 0 bridgehead atoms. The van der Waals surface area contributed by atoms with Crippen molar-refractivity contribution in [3.05, 3.63) is 77.9 Å². The normalized spacial score (nSPS) is 10.5. The van der Waals surface area contributed by atoms with E-state index in [9.17, 15) is 9.59 Å². The van der Waals surface area contributed by atoms with Crippen molar-refractivity contribution >= 4 is 28.3 Å². The first-order valence-electron chi connectivity index (χ1n) is 8.12. The third-order valence-electron chi connectivity index (χ3n) is 3.98. The van der Waals surface area contributed by atoms with Crippen molar-refractivity contribution < 1.29 is 9.59 Å². The zero-order valence-corrected chi connectivity index (χ0v) is 14.3. The first-order chi connectivity index (χ1) is 12.0. The monoisotopic (exact) mass is 332 g/mol. The van der Waals surface area contributed by atoms with Crippen molar-refractivity contribution in [3.8, 4) is 0 Å². The molecule has 126 valence electrons. The summed E-state index contributed by atoms with van der Waals surface area (Å²) >= 11 is 0. The molecule has 3 aromatic rings. The van der Waals surface area contributed by atoms with Crippen LogP contribution in [0.4, 0.5) is 5.69 Å². The molecule has 0 aliphatic carbocycles. The number of nitrogens with zero attached hydrogens (tertiary/aromatic N) is 1. The molecule has 0 aromatic heterocycles. The molecule has 0 aliphatic heterocycles. The maximum atomic E-state index is 12.3. The highest BCUT2D eigenvalue weighted by atomic mass is 16.2. The molecule has 0 heterocycles. The van der Waals surface area contributed by atoms with E-state index in [-0.39, 0.29) is 18.2 Å². The van der Waals surface area contributed by atoms with Gasteiger partial charge in [0.05, 0.1) is 6.42 Å². The lowest BCUT2D eigenvalue weighted by Gasteiger charge is -2.12. The number of nitrogens with one attached hydrogen (secondary N) is 1. The summed E-state index contributed by atoms with van der Waals surface area (Å²) in [5.74, 6) is -0.199. The minimum absolute atomic E-state index is 0.0920. The van der Waals surface area contributed by atoms with Gasteiger partial charge in [-0.25, -0.2) is 0 Å². The van der Waals surface area contributed by atoms with Crippen molar-refractivity contribution in [2.45, 2.75) is 6.42 Å². The molecule has 0 atom stereocenters. The van der Waals surface area contributed by atoms with Crippen LogP contribution in [0.3, 0.4) is 0 Å². The van der Waals surface area contributed by atoms with E-state index in [0.717, 1.165) is 16.3 Å². The number of carbonyl (C=O) groups excluding carboxylic acids is 2. The summed E-state index contributed by atoms with van der Waals surface area (Å²) in [6.45, 7) is 0. The molecular formula is C21H20N2O2. The second-order valence-corrected chi connectivity index (χ2v) is 6.19. The maximum absolute atomic E-state index is 12.3. The fourth-order valence-corrected chi connectivity index (χ4v) is 2.73. The first kappa shape index (κ1) is 16.7. The van der Waals surface area contributed by atoms with Gasteiger partial charge in [0.25, 0.3) is 5.91 Å². The van der Waals surface area contributed by atoms with Crippen LogP contribution in [-0.4, -0.2) is 30.8 Å². The summed E-state index contributed by atoms with van der Waals surface area (Å²) in [5, 5.41) is 5.13. The highest BCUT2D eigenvalue weighted by Crippen LogP contribution is 2.17. The minimum atomic E-state index is -0.107. The average molecular weight is 332 g/mol. The molecule has 1 N–H and O–H groups in total. The zero-order valence-electron chi connectivity index (χ0n) is 14.3. The fourth-order valence-electron chi connectivity index (χ4n) is 2.73. The van der Waals surface area contributed by atoms with Gasteiger partial charge in [0.1, 0.15) is 0 Å². The molecule has 3 aromatic carbocycles. The Morgan fingerprint density at radius 3 is 2.40 bits per heavy atom. The van der Waals surface area contributed by atoms with E-state index in [2.05, 4.69) is 5.32 Å². The van der Waals surface area contributed by atoms with Gasteiger partial charge in [0.15, 0.2) is 0 Å². The number of hydrogen-bond acceptors (Lipinski definition) is 2. The lowest BCUT2D eigenvalue weighted by molar-refractivity contribution is -0.115. The Morgan fingerprint density at radius 1 is 0.880 bits per heavy atom. The molecule has 0 fully saturated rings. The van der Waals surface area contributed by atoms with Gasteiger partial charge in [0, 0.05) is 25.3 Å². The molecule has 0 aliphatic rings. The molecule has 0 saturated carbocycles. The van der Waals surface area contributed by atoms with Gasteiger partial charge < -0.3 is 10.2 Å². The second-order valence-electron chi connectivity index (χ2n) is 6.19. The van der Waals surface area contributed by atoms with Crippen molar-refractivity contribution in [1.29, 1.82) is 0 Å². The lowest BCUT2D eigenvalue weighted by Crippen LogP contribution is -2.22. The van der Waals surface area contributed by atoms with Crippen LogP contribution < -0.4 is 5.32 Å². The Labute approximate surface area is 147 Å². The standard InChI is InChI=1S/C21H20N2O2/c1-23(2)21(25)18-8-5-9-19(14-18)22-20(24)13-15-10-11-16-6-3-4-7-17(16)12-15/h3-12,14H,13H2,1-2H3,(H,22,24). The fraction of sp³-hybridized carbons (Fsp3) is 0.143. The van der Waals surface area contributed by atoms with Crippen LogP contribution in [0.15, 0.2) is 66.7 Å². The zero-order chi connectivity index (χ0) is 17.8. The predicted molar refractivity (Wildman–Crippen MR) is 101 cm³/mol. The van der Waals surface area contributed by atoms with Crippen LogP contribution in [0, 0.1) is 0 Å². The quantitative estimate of drug-likeness (QED) is 0.791. The Hall–Kier alpha value is -3.14. The molecule has 0 unspecified atom stereocenters. The Morgan fingerprint density at radius 2 is 1.64 bits per heavy atom. The van der Waals surface area contributed by atoms with Crippen LogP contribution >= 0.6 is 0 Å². The number of rotatable bonds is 4. The van der Waals surface area contributed by atoms with Gasteiger partial charge in [-0.3, -0.25) is 9.59 Å². The number of hydrogen-bond donors (Lipinski definition) is 1. The van der Waals surface area contributed by atoms with Gasteiger partial charge >= 0.3 is 0 Å². The second kappa shape index (κ2) is 7.18. The van der Waals surface area contributed by atoms with Crippen molar-refractivity contribution in [3.63, 3.8) is 0 Å².